The van der Waals surface area contributed by atoms with Crippen molar-refractivity contribution in [2.75, 3.05) is 13.1 Å². The third-order valence-corrected chi connectivity index (χ3v) is 3.40. The lowest BCUT2D eigenvalue weighted by atomic mass is 10.1. The molecule has 1 unspecified atom stereocenters. The Morgan fingerprint density at radius 2 is 2.30 bits per heavy atom. The van der Waals surface area contributed by atoms with E-state index in [0.717, 1.165) is 32.4 Å². The molecule has 108 valence electrons. The van der Waals surface area contributed by atoms with Crippen LogP contribution in [0.3, 0.4) is 0 Å². The van der Waals surface area contributed by atoms with Gasteiger partial charge in [0.2, 0.25) is 5.91 Å². The van der Waals surface area contributed by atoms with Crippen molar-refractivity contribution in [3.8, 4) is 0 Å². The second-order valence-electron chi connectivity index (χ2n) is 5.07. The van der Waals surface area contributed by atoms with E-state index in [2.05, 4.69) is 10.6 Å². The van der Waals surface area contributed by atoms with E-state index in [9.17, 15) is 14.9 Å². The van der Waals surface area contributed by atoms with Crippen LogP contribution in [0, 0.1) is 10.1 Å². The van der Waals surface area contributed by atoms with Gasteiger partial charge in [0.25, 0.3) is 5.69 Å². The molecule has 1 saturated heterocycles. The van der Waals surface area contributed by atoms with E-state index >= 15 is 0 Å². The predicted molar refractivity (Wildman–Crippen MR) is 75.5 cm³/mol. The average Bonchev–Trinajstić information content (AvgIpc) is 2.67. The first kappa shape index (κ1) is 14.5. The molecular weight excluding hydrogens is 258 g/mol. The minimum absolute atomic E-state index is 0.0198. The summed E-state index contributed by atoms with van der Waals surface area (Å²) < 4.78 is 0. The number of rotatable bonds is 4. The van der Waals surface area contributed by atoms with Crippen molar-refractivity contribution in [2.45, 2.75) is 31.7 Å². The van der Waals surface area contributed by atoms with E-state index in [4.69, 9.17) is 0 Å². The third kappa shape index (κ3) is 4.31. The average molecular weight is 277 g/mol. The summed E-state index contributed by atoms with van der Waals surface area (Å²) >= 11 is 0. The maximum absolute atomic E-state index is 12.0. The largest absolute Gasteiger partial charge is 0.352 e. The van der Waals surface area contributed by atoms with Crippen molar-refractivity contribution in [2.24, 2.45) is 0 Å². The lowest BCUT2D eigenvalue weighted by molar-refractivity contribution is -0.384. The highest BCUT2D eigenvalue weighted by Gasteiger charge is 2.15. The van der Waals surface area contributed by atoms with E-state index in [0.29, 0.717) is 5.56 Å². The van der Waals surface area contributed by atoms with Gasteiger partial charge in [-0.1, -0.05) is 18.6 Å². The van der Waals surface area contributed by atoms with Gasteiger partial charge in [0.15, 0.2) is 0 Å². The van der Waals surface area contributed by atoms with Crippen LogP contribution >= 0.6 is 0 Å². The van der Waals surface area contributed by atoms with Gasteiger partial charge in [0, 0.05) is 24.7 Å². The molecule has 1 aliphatic heterocycles. The molecule has 0 aromatic heterocycles. The first-order valence-corrected chi connectivity index (χ1v) is 6.88. The summed E-state index contributed by atoms with van der Waals surface area (Å²) in [6.07, 6.45) is 3.40. The zero-order chi connectivity index (χ0) is 14.4. The van der Waals surface area contributed by atoms with Crippen LogP contribution in [-0.4, -0.2) is 30.0 Å². The van der Waals surface area contributed by atoms with Crippen molar-refractivity contribution in [1.29, 1.82) is 0 Å². The molecule has 2 rings (SSSR count). The van der Waals surface area contributed by atoms with Gasteiger partial charge in [-0.05, 0) is 24.9 Å². The summed E-state index contributed by atoms with van der Waals surface area (Å²) in [6.45, 7) is 1.79. The van der Waals surface area contributed by atoms with E-state index in [-0.39, 0.29) is 24.1 Å². The number of nitro groups is 1. The maximum Gasteiger partial charge on any atom is 0.269 e. The van der Waals surface area contributed by atoms with Gasteiger partial charge >= 0.3 is 0 Å². The van der Waals surface area contributed by atoms with Gasteiger partial charge in [-0.15, -0.1) is 0 Å². The maximum atomic E-state index is 12.0. The fraction of sp³-hybridized carbons (Fsp3) is 0.500. The Balaban J connectivity index is 1.90. The molecule has 0 radical (unpaired) electrons. The Morgan fingerprint density at radius 3 is 3.10 bits per heavy atom. The SMILES string of the molecule is O=C(Cc1cccc([N+](=O)[O-])c1)NC1CCCCNC1. The molecule has 2 N–H and O–H groups in total. The highest BCUT2D eigenvalue weighted by atomic mass is 16.6. The van der Waals surface area contributed by atoms with Gasteiger partial charge < -0.3 is 10.6 Å². The Labute approximate surface area is 117 Å². The molecule has 1 aromatic carbocycles. The van der Waals surface area contributed by atoms with Crippen LogP contribution in [0.4, 0.5) is 5.69 Å². The van der Waals surface area contributed by atoms with Crippen LogP contribution in [0.2, 0.25) is 0 Å². The lowest BCUT2D eigenvalue weighted by Crippen LogP contribution is -2.41. The van der Waals surface area contributed by atoms with E-state index in [1.165, 1.54) is 12.1 Å². The Bertz CT molecular complexity index is 482. The minimum Gasteiger partial charge on any atom is -0.352 e. The molecule has 0 spiro atoms. The standard InChI is InChI=1S/C14H19N3O3/c18-14(16-12-5-1-2-7-15-10-12)9-11-4-3-6-13(8-11)17(19)20/h3-4,6,8,12,15H,1-2,5,7,9-10H2,(H,16,18). The van der Waals surface area contributed by atoms with Crippen molar-refractivity contribution in [1.82, 2.24) is 10.6 Å². The van der Waals surface area contributed by atoms with Crippen molar-refractivity contribution >= 4 is 11.6 Å². The first-order valence-electron chi connectivity index (χ1n) is 6.88. The third-order valence-electron chi connectivity index (χ3n) is 3.40. The Kier molecular flexibility index (Phi) is 5.06. The molecule has 1 aromatic rings. The van der Waals surface area contributed by atoms with Gasteiger partial charge in [-0.2, -0.15) is 0 Å². The summed E-state index contributed by atoms with van der Waals surface area (Å²) in [6, 6.07) is 6.37. The lowest BCUT2D eigenvalue weighted by Gasteiger charge is -2.16. The molecule has 1 aliphatic rings. The van der Waals surface area contributed by atoms with E-state index in [1.807, 2.05) is 0 Å². The smallest absolute Gasteiger partial charge is 0.269 e. The zero-order valence-electron chi connectivity index (χ0n) is 11.3. The van der Waals surface area contributed by atoms with Crippen LogP contribution in [0.5, 0.6) is 0 Å². The van der Waals surface area contributed by atoms with Crippen molar-refractivity contribution in [3.63, 3.8) is 0 Å². The number of carbonyl (C=O) groups excluding carboxylic acids is 1. The molecule has 6 heteroatoms. The van der Waals surface area contributed by atoms with Gasteiger partial charge in [-0.3, -0.25) is 14.9 Å². The molecule has 1 fully saturated rings. The monoisotopic (exact) mass is 277 g/mol. The number of benzene rings is 1. The molecular formula is C14H19N3O3. The summed E-state index contributed by atoms with van der Waals surface area (Å²) in [5.74, 6) is -0.0841. The number of nitro benzene ring substituents is 1. The summed E-state index contributed by atoms with van der Waals surface area (Å²) in [5.41, 5.74) is 0.685. The summed E-state index contributed by atoms with van der Waals surface area (Å²) in [5, 5.41) is 17.0. The molecule has 1 atom stereocenters. The molecule has 1 heterocycles. The number of carbonyl (C=O) groups is 1. The fourth-order valence-corrected chi connectivity index (χ4v) is 2.39. The zero-order valence-corrected chi connectivity index (χ0v) is 11.3. The van der Waals surface area contributed by atoms with Crippen LogP contribution in [0.25, 0.3) is 0 Å². The predicted octanol–water partition coefficient (Wildman–Crippen LogP) is 1.40. The first-order chi connectivity index (χ1) is 9.65. The Hall–Kier alpha value is -1.95. The van der Waals surface area contributed by atoms with Crippen LogP contribution in [0.15, 0.2) is 24.3 Å². The number of hydrogen-bond acceptors (Lipinski definition) is 4. The van der Waals surface area contributed by atoms with E-state index < -0.39 is 4.92 Å². The number of nitrogens with one attached hydrogen (secondary N) is 2. The highest BCUT2D eigenvalue weighted by Crippen LogP contribution is 2.13. The molecule has 6 nitrogen and oxygen atoms in total. The normalized spacial score (nSPS) is 19.1. The number of amides is 1. The molecule has 0 saturated carbocycles. The van der Waals surface area contributed by atoms with Crippen LogP contribution < -0.4 is 10.6 Å². The van der Waals surface area contributed by atoms with Gasteiger partial charge in [-0.25, -0.2) is 0 Å². The van der Waals surface area contributed by atoms with E-state index in [1.54, 1.807) is 12.1 Å². The van der Waals surface area contributed by atoms with Crippen LogP contribution in [0.1, 0.15) is 24.8 Å². The van der Waals surface area contributed by atoms with Gasteiger partial charge in [0.1, 0.15) is 0 Å². The summed E-state index contributed by atoms with van der Waals surface area (Å²) in [7, 11) is 0. The summed E-state index contributed by atoms with van der Waals surface area (Å²) in [4.78, 5) is 22.2. The van der Waals surface area contributed by atoms with Gasteiger partial charge in [0.05, 0.1) is 11.3 Å². The second-order valence-corrected chi connectivity index (χ2v) is 5.07. The quantitative estimate of drug-likeness (QED) is 0.643. The number of hydrogen-bond donors (Lipinski definition) is 2. The second kappa shape index (κ2) is 7.00. The van der Waals surface area contributed by atoms with Crippen molar-refractivity contribution < 1.29 is 9.72 Å². The number of non-ortho nitro benzene ring substituents is 1. The molecule has 20 heavy (non-hydrogen) atoms. The minimum atomic E-state index is -0.448. The number of nitrogens with zero attached hydrogens (tertiary/aromatic N) is 1. The fourth-order valence-electron chi connectivity index (χ4n) is 2.39. The highest BCUT2D eigenvalue weighted by molar-refractivity contribution is 5.79. The molecule has 1 amide bonds. The van der Waals surface area contributed by atoms with Crippen molar-refractivity contribution in [3.05, 3.63) is 39.9 Å². The Morgan fingerprint density at radius 1 is 1.45 bits per heavy atom. The topological polar surface area (TPSA) is 84.3 Å². The van der Waals surface area contributed by atoms with Crippen LogP contribution in [-0.2, 0) is 11.2 Å². The molecule has 0 bridgehead atoms. The molecule has 0 aliphatic carbocycles.